The summed E-state index contributed by atoms with van der Waals surface area (Å²) in [4.78, 5) is 4.51. The predicted molar refractivity (Wildman–Crippen MR) is 82.8 cm³/mol. The smallest absolute Gasteiger partial charge is 0.128 e. The van der Waals surface area contributed by atoms with Crippen LogP contribution in [0.4, 0.5) is 0 Å². The Labute approximate surface area is 130 Å². The number of hydrogen-bond donors (Lipinski definition) is 0. The zero-order chi connectivity index (χ0) is 14.8. The zero-order valence-electron chi connectivity index (χ0n) is 10.9. The Morgan fingerprint density at radius 2 is 1.95 bits per heavy atom. The molecule has 0 aliphatic rings. The third kappa shape index (κ3) is 2.29. The second kappa shape index (κ2) is 5.40. The van der Waals surface area contributed by atoms with Gasteiger partial charge in [0.1, 0.15) is 11.9 Å². The molecule has 0 saturated carbocycles. The topological polar surface area (TPSA) is 65.4 Å². The lowest BCUT2D eigenvalue weighted by Crippen LogP contribution is -2.01. The fraction of sp³-hybridized carbons (Fsp3) is 0.0625. The van der Waals surface area contributed by atoms with Gasteiger partial charge >= 0.3 is 0 Å². The van der Waals surface area contributed by atoms with Crippen molar-refractivity contribution in [2.24, 2.45) is 0 Å². The highest BCUT2D eigenvalue weighted by atomic mass is 79.9. The molecule has 0 aliphatic carbocycles. The number of para-hydroxylation sites is 2. The number of fused-ring (bicyclic) bond motifs is 1. The van der Waals surface area contributed by atoms with Crippen molar-refractivity contribution in [3.05, 3.63) is 58.3 Å². The van der Waals surface area contributed by atoms with Crippen LogP contribution in [0.25, 0.3) is 16.7 Å². The highest BCUT2D eigenvalue weighted by Crippen LogP contribution is 2.25. The van der Waals surface area contributed by atoms with Crippen molar-refractivity contribution in [2.45, 2.75) is 6.42 Å². The molecule has 0 spiro atoms. The fourth-order valence-electron chi connectivity index (χ4n) is 2.29. The van der Waals surface area contributed by atoms with E-state index in [0.29, 0.717) is 11.4 Å². The van der Waals surface area contributed by atoms with Crippen LogP contribution in [0.5, 0.6) is 0 Å². The molecule has 21 heavy (non-hydrogen) atoms. The molecule has 0 unspecified atom stereocenters. The first-order valence-electron chi connectivity index (χ1n) is 6.28. The summed E-state index contributed by atoms with van der Waals surface area (Å²) in [7, 11) is 0. The molecule has 0 N–H and O–H groups in total. The van der Waals surface area contributed by atoms with E-state index in [2.05, 4.69) is 33.1 Å². The standard InChI is InChI=1S/C16H9BrN4/c17-13-9-12(6-5-11(13)10-19)21-15-4-2-1-3-14(15)20-16(21)7-8-18/h1-6,9H,7H2. The quantitative estimate of drug-likeness (QED) is 0.716. The molecule has 1 aromatic heterocycles. The van der Waals surface area contributed by atoms with Crippen molar-refractivity contribution in [1.29, 1.82) is 10.5 Å². The predicted octanol–water partition coefficient (Wildman–Crippen LogP) is 3.73. The maximum atomic E-state index is 9.01. The summed E-state index contributed by atoms with van der Waals surface area (Å²) in [6.45, 7) is 0. The normalized spacial score (nSPS) is 10.2. The number of rotatable bonds is 2. The van der Waals surface area contributed by atoms with Crippen LogP contribution in [0.2, 0.25) is 0 Å². The summed E-state index contributed by atoms with van der Waals surface area (Å²) < 4.78 is 2.67. The lowest BCUT2D eigenvalue weighted by molar-refractivity contribution is 0.953. The molecule has 0 aliphatic heterocycles. The largest absolute Gasteiger partial charge is 0.295 e. The molecule has 0 saturated heterocycles. The van der Waals surface area contributed by atoms with Crippen LogP contribution in [0, 0.1) is 22.7 Å². The van der Waals surface area contributed by atoms with Crippen LogP contribution < -0.4 is 0 Å². The molecule has 1 heterocycles. The molecule has 0 bridgehead atoms. The minimum absolute atomic E-state index is 0.228. The van der Waals surface area contributed by atoms with E-state index >= 15 is 0 Å². The van der Waals surface area contributed by atoms with Gasteiger partial charge < -0.3 is 0 Å². The molecule has 5 heteroatoms. The van der Waals surface area contributed by atoms with E-state index in [1.165, 1.54) is 0 Å². The average molecular weight is 337 g/mol. The lowest BCUT2D eigenvalue weighted by Gasteiger charge is -2.08. The maximum Gasteiger partial charge on any atom is 0.128 e. The van der Waals surface area contributed by atoms with E-state index in [-0.39, 0.29) is 6.42 Å². The number of halogens is 1. The Balaban J connectivity index is 2.28. The monoisotopic (exact) mass is 336 g/mol. The molecule has 100 valence electrons. The lowest BCUT2D eigenvalue weighted by atomic mass is 10.2. The summed E-state index contributed by atoms with van der Waals surface area (Å²) in [6.07, 6.45) is 0.228. The first-order valence-corrected chi connectivity index (χ1v) is 7.07. The average Bonchev–Trinajstić information content (AvgIpc) is 2.85. The number of nitrogens with zero attached hydrogens (tertiary/aromatic N) is 4. The molecular formula is C16H9BrN4. The summed E-state index contributed by atoms with van der Waals surface area (Å²) in [5.41, 5.74) is 3.24. The van der Waals surface area contributed by atoms with E-state index in [0.717, 1.165) is 21.2 Å². The molecule has 0 fully saturated rings. The molecular weight excluding hydrogens is 328 g/mol. The Morgan fingerprint density at radius 1 is 1.14 bits per heavy atom. The van der Waals surface area contributed by atoms with Crippen molar-refractivity contribution in [1.82, 2.24) is 9.55 Å². The number of aromatic nitrogens is 2. The molecule has 0 atom stereocenters. The Hall–Kier alpha value is -2.63. The first-order chi connectivity index (χ1) is 10.2. The molecule has 2 aromatic carbocycles. The van der Waals surface area contributed by atoms with Crippen LogP contribution in [0.15, 0.2) is 46.9 Å². The van der Waals surface area contributed by atoms with Gasteiger partial charge in [0, 0.05) is 10.2 Å². The van der Waals surface area contributed by atoms with E-state index in [1.807, 2.05) is 41.0 Å². The Kier molecular flexibility index (Phi) is 3.43. The zero-order valence-corrected chi connectivity index (χ0v) is 12.5. The van der Waals surface area contributed by atoms with E-state index in [9.17, 15) is 0 Å². The fourth-order valence-corrected chi connectivity index (χ4v) is 2.74. The van der Waals surface area contributed by atoms with Gasteiger partial charge in [-0.3, -0.25) is 4.57 Å². The minimum atomic E-state index is 0.228. The number of benzene rings is 2. The molecule has 0 amide bonds. The first kappa shape index (κ1) is 13.4. The molecule has 0 radical (unpaired) electrons. The van der Waals surface area contributed by atoms with Gasteiger partial charge in [-0.2, -0.15) is 10.5 Å². The number of hydrogen-bond acceptors (Lipinski definition) is 3. The second-order valence-corrected chi connectivity index (χ2v) is 5.32. The van der Waals surface area contributed by atoms with Crippen molar-refractivity contribution in [2.75, 3.05) is 0 Å². The van der Waals surface area contributed by atoms with Crippen molar-refractivity contribution >= 4 is 27.0 Å². The van der Waals surface area contributed by atoms with Crippen molar-refractivity contribution in [3.8, 4) is 17.8 Å². The summed E-state index contributed by atoms with van der Waals surface area (Å²) in [5.74, 6) is 0.690. The highest BCUT2D eigenvalue weighted by Gasteiger charge is 2.12. The van der Waals surface area contributed by atoms with Crippen molar-refractivity contribution in [3.63, 3.8) is 0 Å². The van der Waals surface area contributed by atoms with Gasteiger partial charge in [-0.15, -0.1) is 0 Å². The third-order valence-corrected chi connectivity index (χ3v) is 3.85. The van der Waals surface area contributed by atoms with E-state index in [1.54, 1.807) is 6.07 Å². The Bertz CT molecular complexity index is 912. The molecule has 4 nitrogen and oxygen atoms in total. The van der Waals surface area contributed by atoms with Crippen LogP contribution in [-0.2, 0) is 6.42 Å². The van der Waals surface area contributed by atoms with Gasteiger partial charge in [0.25, 0.3) is 0 Å². The van der Waals surface area contributed by atoms with Crippen LogP contribution in [0.1, 0.15) is 11.4 Å². The molecule has 3 aromatic rings. The van der Waals surface area contributed by atoms with Crippen LogP contribution >= 0.6 is 15.9 Å². The summed E-state index contributed by atoms with van der Waals surface area (Å²) in [5, 5.41) is 18.0. The minimum Gasteiger partial charge on any atom is -0.295 e. The van der Waals surface area contributed by atoms with Crippen molar-refractivity contribution < 1.29 is 0 Å². The highest BCUT2D eigenvalue weighted by molar-refractivity contribution is 9.10. The Morgan fingerprint density at radius 3 is 2.67 bits per heavy atom. The van der Waals surface area contributed by atoms with Gasteiger partial charge in [0.05, 0.1) is 29.1 Å². The van der Waals surface area contributed by atoms with Gasteiger partial charge in [-0.05, 0) is 46.3 Å². The number of nitriles is 2. The van der Waals surface area contributed by atoms with E-state index < -0.39 is 0 Å². The van der Waals surface area contributed by atoms with Gasteiger partial charge in [0.15, 0.2) is 0 Å². The number of imidazole rings is 1. The second-order valence-electron chi connectivity index (χ2n) is 4.46. The van der Waals surface area contributed by atoms with Crippen LogP contribution in [-0.4, -0.2) is 9.55 Å². The van der Waals surface area contributed by atoms with E-state index in [4.69, 9.17) is 10.5 Å². The molecule has 3 rings (SSSR count). The van der Waals surface area contributed by atoms with Gasteiger partial charge in [-0.25, -0.2) is 4.98 Å². The maximum absolute atomic E-state index is 9.01. The van der Waals surface area contributed by atoms with Crippen LogP contribution in [0.3, 0.4) is 0 Å². The van der Waals surface area contributed by atoms with Gasteiger partial charge in [0.2, 0.25) is 0 Å². The SMILES string of the molecule is N#CCc1nc2ccccc2n1-c1ccc(C#N)c(Br)c1. The summed E-state index contributed by atoms with van der Waals surface area (Å²) in [6, 6.07) is 17.5. The third-order valence-electron chi connectivity index (χ3n) is 3.20. The summed E-state index contributed by atoms with van der Waals surface area (Å²) >= 11 is 3.40. The van der Waals surface area contributed by atoms with Gasteiger partial charge in [-0.1, -0.05) is 12.1 Å².